The number of amides is 1. The number of rotatable bonds is 4. The van der Waals surface area contributed by atoms with Crippen LogP contribution in [0.3, 0.4) is 0 Å². The van der Waals surface area contributed by atoms with Crippen LogP contribution in [0.4, 0.5) is 0 Å². The van der Waals surface area contributed by atoms with Crippen molar-refractivity contribution in [3.63, 3.8) is 0 Å². The van der Waals surface area contributed by atoms with E-state index in [2.05, 4.69) is 33.4 Å². The highest BCUT2D eigenvalue weighted by atomic mass is 79.9. The highest BCUT2D eigenvalue weighted by molar-refractivity contribution is 9.10. The van der Waals surface area contributed by atoms with E-state index in [1.54, 1.807) is 0 Å². The number of carbonyl (C=O) groups is 1. The lowest BCUT2D eigenvalue weighted by atomic mass is 10.0. The van der Waals surface area contributed by atoms with Gasteiger partial charge in [-0.3, -0.25) is 4.79 Å². The molecule has 1 fully saturated rings. The lowest BCUT2D eigenvalue weighted by molar-refractivity contribution is -0.132. The van der Waals surface area contributed by atoms with E-state index in [0.717, 1.165) is 30.4 Å². The zero-order chi connectivity index (χ0) is 13.7. The fourth-order valence-corrected chi connectivity index (χ4v) is 2.76. The number of nitrogens with one attached hydrogen (secondary N) is 1. The summed E-state index contributed by atoms with van der Waals surface area (Å²) in [6, 6.07) is 8.66. The van der Waals surface area contributed by atoms with Gasteiger partial charge in [0.15, 0.2) is 0 Å². The van der Waals surface area contributed by atoms with Crippen molar-refractivity contribution in [3.8, 4) is 0 Å². The van der Waals surface area contributed by atoms with Gasteiger partial charge in [0.05, 0.1) is 0 Å². The van der Waals surface area contributed by atoms with Crippen LogP contribution in [0.15, 0.2) is 28.7 Å². The van der Waals surface area contributed by atoms with Crippen molar-refractivity contribution in [2.75, 3.05) is 20.1 Å². The summed E-state index contributed by atoms with van der Waals surface area (Å²) in [5.41, 5.74) is 1.22. The van der Waals surface area contributed by atoms with Crippen LogP contribution in [0.2, 0.25) is 0 Å². The maximum atomic E-state index is 12.2. The quantitative estimate of drug-likeness (QED) is 0.894. The first-order valence-electron chi connectivity index (χ1n) is 6.88. The van der Waals surface area contributed by atoms with Crippen molar-refractivity contribution >= 4 is 34.2 Å². The normalized spacial score (nSPS) is 18.5. The van der Waals surface area contributed by atoms with E-state index in [9.17, 15) is 4.79 Å². The Hall–Kier alpha value is -0.580. The number of benzene rings is 1. The molecule has 1 amide bonds. The fraction of sp³-hybridized carbons (Fsp3) is 0.533. The van der Waals surface area contributed by atoms with E-state index in [4.69, 9.17) is 0 Å². The highest BCUT2D eigenvalue weighted by Gasteiger charge is 2.21. The Morgan fingerprint density at radius 1 is 1.40 bits per heavy atom. The van der Waals surface area contributed by atoms with Crippen LogP contribution in [0.25, 0.3) is 0 Å². The number of aryl methyl sites for hydroxylation is 1. The summed E-state index contributed by atoms with van der Waals surface area (Å²) in [7, 11) is 1.97. The molecule has 1 aromatic carbocycles. The summed E-state index contributed by atoms with van der Waals surface area (Å²) in [5.74, 6) is 0.280. The van der Waals surface area contributed by atoms with Crippen LogP contribution in [-0.2, 0) is 11.2 Å². The number of likely N-dealkylation sites (N-methyl/N-ethyl adjacent to an activating group) is 1. The minimum absolute atomic E-state index is 0. The SMILES string of the molecule is CNC1CCCN(C(=O)CCc2ccc(Br)cc2)C1.Cl. The number of piperidine rings is 1. The van der Waals surface area contributed by atoms with Gasteiger partial charge in [0.1, 0.15) is 0 Å². The Morgan fingerprint density at radius 2 is 2.10 bits per heavy atom. The van der Waals surface area contributed by atoms with Crippen LogP contribution in [0, 0.1) is 0 Å². The third-order valence-electron chi connectivity index (χ3n) is 3.72. The largest absolute Gasteiger partial charge is 0.341 e. The molecule has 5 heteroatoms. The molecular weight excluding hydrogens is 340 g/mol. The first-order chi connectivity index (χ1) is 9.19. The van der Waals surface area contributed by atoms with Crippen LogP contribution in [-0.4, -0.2) is 37.0 Å². The topological polar surface area (TPSA) is 32.3 Å². The minimum atomic E-state index is 0. The van der Waals surface area contributed by atoms with Crippen LogP contribution < -0.4 is 5.32 Å². The Kier molecular flexibility index (Phi) is 7.56. The van der Waals surface area contributed by atoms with Crippen molar-refractivity contribution in [2.45, 2.75) is 31.7 Å². The molecule has 0 aliphatic carbocycles. The van der Waals surface area contributed by atoms with E-state index < -0.39 is 0 Å². The third-order valence-corrected chi connectivity index (χ3v) is 4.25. The van der Waals surface area contributed by atoms with Gasteiger partial charge < -0.3 is 10.2 Å². The van der Waals surface area contributed by atoms with Gasteiger partial charge in [-0.2, -0.15) is 0 Å². The van der Waals surface area contributed by atoms with Crippen molar-refractivity contribution < 1.29 is 4.79 Å². The molecule has 1 heterocycles. The van der Waals surface area contributed by atoms with Gasteiger partial charge in [0.25, 0.3) is 0 Å². The average Bonchev–Trinajstić information content (AvgIpc) is 2.46. The van der Waals surface area contributed by atoms with E-state index >= 15 is 0 Å². The van der Waals surface area contributed by atoms with E-state index in [1.165, 1.54) is 12.0 Å². The van der Waals surface area contributed by atoms with Gasteiger partial charge in [-0.15, -0.1) is 12.4 Å². The molecule has 1 aliphatic rings. The zero-order valence-corrected chi connectivity index (χ0v) is 14.2. The van der Waals surface area contributed by atoms with Crippen molar-refractivity contribution in [1.82, 2.24) is 10.2 Å². The first kappa shape index (κ1) is 17.5. The predicted molar refractivity (Wildman–Crippen MR) is 88.4 cm³/mol. The second-order valence-electron chi connectivity index (χ2n) is 5.09. The summed E-state index contributed by atoms with van der Waals surface area (Å²) >= 11 is 3.42. The summed E-state index contributed by atoms with van der Waals surface area (Å²) in [4.78, 5) is 14.2. The highest BCUT2D eigenvalue weighted by Crippen LogP contribution is 2.14. The average molecular weight is 362 g/mol. The van der Waals surface area contributed by atoms with E-state index in [1.807, 2.05) is 24.1 Å². The molecule has 0 saturated carbocycles. The number of carbonyl (C=O) groups excluding carboxylic acids is 1. The molecule has 1 aromatic rings. The lowest BCUT2D eigenvalue weighted by Gasteiger charge is -2.32. The molecule has 1 N–H and O–H groups in total. The summed E-state index contributed by atoms with van der Waals surface area (Å²) in [6.45, 7) is 1.77. The van der Waals surface area contributed by atoms with Crippen molar-refractivity contribution in [2.24, 2.45) is 0 Å². The number of halogens is 2. The number of hydrogen-bond donors (Lipinski definition) is 1. The van der Waals surface area contributed by atoms with Gasteiger partial charge in [-0.25, -0.2) is 0 Å². The third kappa shape index (κ3) is 5.08. The van der Waals surface area contributed by atoms with Crippen LogP contribution >= 0.6 is 28.3 Å². The first-order valence-corrected chi connectivity index (χ1v) is 7.68. The molecule has 0 aromatic heterocycles. The number of likely N-dealkylation sites (tertiary alicyclic amines) is 1. The monoisotopic (exact) mass is 360 g/mol. The maximum absolute atomic E-state index is 12.2. The molecule has 0 bridgehead atoms. The molecule has 1 saturated heterocycles. The van der Waals surface area contributed by atoms with Gasteiger partial charge in [0, 0.05) is 30.0 Å². The molecule has 0 spiro atoms. The van der Waals surface area contributed by atoms with Crippen molar-refractivity contribution in [3.05, 3.63) is 34.3 Å². The molecule has 0 radical (unpaired) electrons. The van der Waals surface area contributed by atoms with Gasteiger partial charge in [0.2, 0.25) is 5.91 Å². The van der Waals surface area contributed by atoms with Crippen LogP contribution in [0.5, 0.6) is 0 Å². The Morgan fingerprint density at radius 3 is 2.75 bits per heavy atom. The predicted octanol–water partition coefficient (Wildman–Crippen LogP) is 3.01. The Labute approximate surface area is 135 Å². The number of nitrogens with zero attached hydrogens (tertiary/aromatic N) is 1. The van der Waals surface area contributed by atoms with Gasteiger partial charge in [-0.05, 0) is 44.0 Å². The van der Waals surface area contributed by atoms with Crippen LogP contribution in [0.1, 0.15) is 24.8 Å². The summed E-state index contributed by atoms with van der Waals surface area (Å²) in [6.07, 6.45) is 3.72. The van der Waals surface area contributed by atoms with E-state index in [-0.39, 0.29) is 18.3 Å². The second-order valence-corrected chi connectivity index (χ2v) is 6.01. The zero-order valence-electron chi connectivity index (χ0n) is 11.8. The summed E-state index contributed by atoms with van der Waals surface area (Å²) in [5, 5.41) is 3.27. The smallest absolute Gasteiger partial charge is 0.222 e. The molecular formula is C15H22BrClN2O. The summed E-state index contributed by atoms with van der Waals surface area (Å²) < 4.78 is 1.08. The Bertz CT molecular complexity index is 424. The molecule has 1 atom stereocenters. The van der Waals surface area contributed by atoms with Crippen molar-refractivity contribution in [1.29, 1.82) is 0 Å². The molecule has 1 aliphatic heterocycles. The fourth-order valence-electron chi connectivity index (χ4n) is 2.50. The van der Waals surface area contributed by atoms with E-state index in [0.29, 0.717) is 12.5 Å². The molecule has 2 rings (SSSR count). The maximum Gasteiger partial charge on any atom is 0.222 e. The number of hydrogen-bond acceptors (Lipinski definition) is 2. The molecule has 3 nitrogen and oxygen atoms in total. The Balaban J connectivity index is 0.00000200. The standard InChI is InChI=1S/C15H21BrN2O.ClH/c1-17-14-3-2-10-18(11-14)15(19)9-6-12-4-7-13(16)8-5-12;/h4-5,7-8,14,17H,2-3,6,9-11H2,1H3;1H. The lowest BCUT2D eigenvalue weighted by Crippen LogP contribution is -2.47. The minimum Gasteiger partial charge on any atom is -0.341 e. The van der Waals surface area contributed by atoms with Gasteiger partial charge >= 0.3 is 0 Å². The molecule has 1 unspecified atom stereocenters. The van der Waals surface area contributed by atoms with Gasteiger partial charge in [-0.1, -0.05) is 28.1 Å². The second kappa shape index (κ2) is 8.65. The molecule has 20 heavy (non-hydrogen) atoms. The molecule has 112 valence electrons.